The molecule has 2 saturated heterocycles. The number of alkyl halides is 2. The number of hydrogen-bond acceptors (Lipinski definition) is 7. The van der Waals surface area contributed by atoms with Crippen molar-refractivity contribution in [3.05, 3.63) is 23.8 Å². The highest BCUT2D eigenvalue weighted by atomic mass is 19.3. The lowest BCUT2D eigenvalue weighted by atomic mass is 10.2. The number of rotatable bonds is 6. The molecule has 2 aliphatic rings. The molecule has 176 valence electrons. The number of hydrogen-bond donors (Lipinski definition) is 2. The first-order chi connectivity index (χ1) is 15.2. The van der Waals surface area contributed by atoms with Crippen LogP contribution < -0.4 is 20.9 Å². The Morgan fingerprint density at radius 1 is 1.19 bits per heavy atom. The van der Waals surface area contributed by atoms with Gasteiger partial charge < -0.3 is 20.7 Å². The molecule has 3 rings (SSSR count). The first kappa shape index (κ1) is 23.5. The van der Waals surface area contributed by atoms with Gasteiger partial charge in [-0.1, -0.05) is 0 Å². The van der Waals surface area contributed by atoms with E-state index in [2.05, 4.69) is 0 Å². The molecule has 14 heteroatoms. The second-order valence-corrected chi connectivity index (χ2v) is 6.94. The van der Waals surface area contributed by atoms with Crippen LogP contribution in [0.15, 0.2) is 12.1 Å². The molecule has 0 spiro atoms. The highest BCUT2D eigenvalue weighted by Crippen LogP contribution is 2.31. The molecule has 10 nitrogen and oxygen atoms in total. The number of anilines is 2. The number of benzene rings is 1. The van der Waals surface area contributed by atoms with Crippen LogP contribution in [0.2, 0.25) is 0 Å². The standard InChI is InChI=1S/C18H21F4N5O5/c19-12-5-10(26-9-11(32-18(26)30)8-24-17(29)16(21)22)6-13(20)15(12)25-1-2-27(14(28)7-23)31-4-3-25/h5-6,11,16H,1-4,7-9,23H2,(H,24,29)/t11-/m0/s1. The van der Waals surface area contributed by atoms with Crippen LogP contribution >= 0.6 is 0 Å². The molecule has 0 saturated carbocycles. The van der Waals surface area contributed by atoms with Crippen LogP contribution in [0, 0.1) is 11.6 Å². The summed E-state index contributed by atoms with van der Waals surface area (Å²) in [4.78, 5) is 42.2. The molecule has 0 aromatic heterocycles. The molecule has 2 fully saturated rings. The van der Waals surface area contributed by atoms with Gasteiger partial charge in [0.2, 0.25) is 0 Å². The molecule has 2 heterocycles. The summed E-state index contributed by atoms with van der Waals surface area (Å²) in [7, 11) is 0. The normalized spacial score (nSPS) is 19.2. The predicted molar refractivity (Wildman–Crippen MR) is 102 cm³/mol. The second kappa shape index (κ2) is 9.99. The zero-order chi connectivity index (χ0) is 23.4. The fourth-order valence-corrected chi connectivity index (χ4v) is 3.31. The molecule has 3 amide bonds. The van der Waals surface area contributed by atoms with Crippen LogP contribution in [0.5, 0.6) is 0 Å². The highest BCUT2D eigenvalue weighted by molar-refractivity contribution is 5.90. The van der Waals surface area contributed by atoms with Crippen LogP contribution in [-0.4, -0.2) is 81.4 Å². The Bertz CT molecular complexity index is 866. The van der Waals surface area contributed by atoms with E-state index in [0.717, 1.165) is 22.1 Å². The number of halogens is 4. The highest BCUT2D eigenvalue weighted by Gasteiger charge is 2.34. The summed E-state index contributed by atoms with van der Waals surface area (Å²) in [5.41, 5.74) is 4.80. The summed E-state index contributed by atoms with van der Waals surface area (Å²) in [6.45, 7) is -0.627. The summed E-state index contributed by atoms with van der Waals surface area (Å²) in [6.07, 6.45) is -5.12. The lowest BCUT2D eigenvalue weighted by Gasteiger charge is -2.24. The first-order valence-electron chi connectivity index (χ1n) is 9.62. The minimum atomic E-state index is -3.22. The molecule has 0 radical (unpaired) electrons. The predicted octanol–water partition coefficient (Wildman–Crippen LogP) is 0.210. The number of nitrogens with zero attached hydrogens (tertiary/aromatic N) is 3. The van der Waals surface area contributed by atoms with E-state index in [-0.39, 0.29) is 57.3 Å². The largest absolute Gasteiger partial charge is 0.442 e. The molecule has 2 aliphatic heterocycles. The lowest BCUT2D eigenvalue weighted by molar-refractivity contribution is -0.180. The van der Waals surface area contributed by atoms with Gasteiger partial charge in [-0.2, -0.15) is 8.78 Å². The summed E-state index contributed by atoms with van der Waals surface area (Å²) < 4.78 is 59.1. The third-order valence-electron chi connectivity index (χ3n) is 4.84. The van der Waals surface area contributed by atoms with Crippen molar-refractivity contribution in [3.63, 3.8) is 0 Å². The van der Waals surface area contributed by atoms with Crippen molar-refractivity contribution in [1.82, 2.24) is 10.4 Å². The average molecular weight is 463 g/mol. The topological polar surface area (TPSA) is 117 Å². The van der Waals surface area contributed by atoms with E-state index in [1.807, 2.05) is 5.32 Å². The molecule has 0 aliphatic carbocycles. The number of cyclic esters (lactones) is 1. The monoisotopic (exact) mass is 463 g/mol. The fourth-order valence-electron chi connectivity index (χ4n) is 3.31. The summed E-state index contributed by atoms with van der Waals surface area (Å²) in [6, 6.07) is 1.88. The summed E-state index contributed by atoms with van der Waals surface area (Å²) in [5.74, 6) is -3.90. The van der Waals surface area contributed by atoms with Crippen LogP contribution in [0.3, 0.4) is 0 Å². The Kier molecular flexibility index (Phi) is 7.35. The molecule has 1 aromatic rings. The molecule has 1 atom stereocenters. The van der Waals surface area contributed by atoms with E-state index in [1.165, 1.54) is 4.90 Å². The van der Waals surface area contributed by atoms with Crippen molar-refractivity contribution in [3.8, 4) is 0 Å². The van der Waals surface area contributed by atoms with Gasteiger partial charge in [-0.05, 0) is 0 Å². The Morgan fingerprint density at radius 2 is 1.88 bits per heavy atom. The van der Waals surface area contributed by atoms with E-state index >= 15 is 0 Å². The van der Waals surface area contributed by atoms with Crippen molar-refractivity contribution < 1.29 is 41.5 Å². The number of carbonyl (C=O) groups is 3. The van der Waals surface area contributed by atoms with E-state index in [4.69, 9.17) is 15.3 Å². The van der Waals surface area contributed by atoms with Crippen LogP contribution in [0.1, 0.15) is 0 Å². The van der Waals surface area contributed by atoms with E-state index in [9.17, 15) is 31.9 Å². The Labute approximate surface area is 179 Å². The van der Waals surface area contributed by atoms with Crippen molar-refractivity contribution in [1.29, 1.82) is 0 Å². The smallest absolute Gasteiger partial charge is 0.414 e. The average Bonchev–Trinajstić information content (AvgIpc) is 2.95. The molecule has 1 aromatic carbocycles. The molecular formula is C18H21F4N5O5. The van der Waals surface area contributed by atoms with Crippen molar-refractivity contribution >= 4 is 29.3 Å². The molecule has 3 N–H and O–H groups in total. The maximum atomic E-state index is 14.8. The van der Waals surface area contributed by atoms with Gasteiger partial charge in [-0.15, -0.1) is 0 Å². The van der Waals surface area contributed by atoms with Crippen LogP contribution in [0.25, 0.3) is 0 Å². The maximum absolute atomic E-state index is 14.8. The van der Waals surface area contributed by atoms with Crippen LogP contribution in [-0.2, 0) is 19.2 Å². The van der Waals surface area contributed by atoms with Gasteiger partial charge in [-0.25, -0.2) is 18.6 Å². The van der Waals surface area contributed by atoms with Gasteiger partial charge in [0.15, 0.2) is 11.6 Å². The Balaban J connectivity index is 1.70. The van der Waals surface area contributed by atoms with Crippen LogP contribution in [0.4, 0.5) is 33.7 Å². The first-order valence-corrected chi connectivity index (χ1v) is 9.62. The fraction of sp³-hybridized carbons (Fsp3) is 0.500. The van der Waals surface area contributed by atoms with E-state index in [1.54, 1.807) is 0 Å². The maximum Gasteiger partial charge on any atom is 0.414 e. The Hall–Kier alpha value is -3.13. The van der Waals surface area contributed by atoms with Gasteiger partial charge in [0.1, 0.15) is 11.8 Å². The minimum absolute atomic E-state index is 0.00314. The van der Waals surface area contributed by atoms with Crippen molar-refractivity contribution in [2.45, 2.75) is 12.5 Å². The number of nitrogens with one attached hydrogen (secondary N) is 1. The number of hydroxylamine groups is 2. The van der Waals surface area contributed by atoms with Gasteiger partial charge in [-0.3, -0.25) is 19.3 Å². The lowest BCUT2D eigenvalue weighted by Crippen LogP contribution is -2.38. The third kappa shape index (κ3) is 5.19. The SMILES string of the molecule is NCC(=O)N1CCN(c2c(F)cc(N3C[C@H](CNC(=O)C(F)F)OC3=O)cc2F)CCO1. The molecular weight excluding hydrogens is 442 g/mol. The molecule has 0 unspecified atom stereocenters. The zero-order valence-electron chi connectivity index (χ0n) is 16.7. The number of nitrogens with two attached hydrogens (primary N) is 1. The Morgan fingerprint density at radius 3 is 2.50 bits per heavy atom. The summed E-state index contributed by atoms with van der Waals surface area (Å²) in [5, 5.41) is 2.96. The zero-order valence-corrected chi connectivity index (χ0v) is 16.7. The van der Waals surface area contributed by atoms with Crippen molar-refractivity contribution in [2.24, 2.45) is 5.73 Å². The quantitative estimate of drug-likeness (QED) is 0.580. The number of carbonyl (C=O) groups excluding carboxylic acids is 3. The number of amides is 3. The third-order valence-corrected chi connectivity index (χ3v) is 4.84. The van der Waals surface area contributed by atoms with Gasteiger partial charge in [0.25, 0.3) is 11.8 Å². The van der Waals surface area contributed by atoms with Gasteiger partial charge in [0.05, 0.1) is 38.5 Å². The van der Waals surface area contributed by atoms with Gasteiger partial charge in [0, 0.05) is 25.2 Å². The second-order valence-electron chi connectivity index (χ2n) is 6.94. The van der Waals surface area contributed by atoms with E-state index < -0.39 is 42.1 Å². The molecule has 0 bridgehead atoms. The number of ether oxygens (including phenoxy) is 1. The molecule has 32 heavy (non-hydrogen) atoms. The minimum Gasteiger partial charge on any atom is -0.442 e. The summed E-state index contributed by atoms with van der Waals surface area (Å²) >= 11 is 0. The van der Waals surface area contributed by atoms with E-state index in [0.29, 0.717) is 0 Å². The van der Waals surface area contributed by atoms with Gasteiger partial charge >= 0.3 is 12.5 Å². The van der Waals surface area contributed by atoms with Crippen molar-refractivity contribution in [2.75, 3.05) is 55.7 Å².